The number of amides is 2. The number of rotatable bonds is 9. The molecule has 0 spiro atoms. The van der Waals surface area contributed by atoms with E-state index in [1.807, 2.05) is 58.0 Å². The van der Waals surface area contributed by atoms with Crippen molar-refractivity contribution in [1.29, 1.82) is 5.41 Å². The van der Waals surface area contributed by atoms with E-state index < -0.39 is 29.5 Å². The molecule has 0 aliphatic rings. The average molecular weight is 622 g/mol. The van der Waals surface area contributed by atoms with Crippen LogP contribution in [0.1, 0.15) is 63.6 Å². The van der Waals surface area contributed by atoms with Gasteiger partial charge in [-0.1, -0.05) is 55.8 Å². The van der Waals surface area contributed by atoms with Crippen molar-refractivity contribution in [2.24, 2.45) is 21.5 Å². The Labute approximate surface area is 257 Å². The van der Waals surface area contributed by atoms with Crippen molar-refractivity contribution < 1.29 is 22.4 Å². The zero-order valence-electron chi connectivity index (χ0n) is 25.1. The third-order valence-corrected chi connectivity index (χ3v) is 5.02. The summed E-state index contributed by atoms with van der Waals surface area (Å²) in [5, 5.41) is 6.96. The number of aliphatic imine (C=N–C) groups is 2. The second-order valence-corrected chi connectivity index (χ2v) is 9.04. The molecule has 2 aromatic carbocycles. The SMILES string of the molecule is C#C.CC.CC(=N)C/C(N)=N/C(N)=O.CC(C)=CN=C(/C=C\CCl)C(Cc1ccccc1)c1cc(F)cc(C(F)(F)F)c1. The first kappa shape index (κ1) is 40.9. The maximum Gasteiger partial charge on any atom is 0.416 e. The molecule has 0 aromatic heterocycles. The van der Waals surface area contributed by atoms with Crippen molar-refractivity contribution in [3.63, 3.8) is 0 Å². The van der Waals surface area contributed by atoms with E-state index >= 15 is 0 Å². The molecule has 0 radical (unpaired) electrons. The van der Waals surface area contributed by atoms with Gasteiger partial charge in [0.15, 0.2) is 0 Å². The van der Waals surface area contributed by atoms with E-state index in [4.69, 9.17) is 28.5 Å². The molecule has 2 rings (SSSR count). The number of urea groups is 1. The van der Waals surface area contributed by atoms with Crippen LogP contribution in [0.2, 0.25) is 0 Å². The maximum absolute atomic E-state index is 14.1. The molecule has 234 valence electrons. The van der Waals surface area contributed by atoms with Crippen molar-refractivity contribution >= 4 is 34.9 Å². The number of benzene rings is 2. The lowest BCUT2D eigenvalue weighted by Crippen LogP contribution is -2.19. The first-order valence-corrected chi connectivity index (χ1v) is 13.6. The van der Waals surface area contributed by atoms with Crippen LogP contribution in [0, 0.1) is 24.1 Å². The zero-order valence-corrected chi connectivity index (χ0v) is 25.8. The Balaban J connectivity index is 0. The smallest absolute Gasteiger partial charge is 0.387 e. The summed E-state index contributed by atoms with van der Waals surface area (Å²) in [6.45, 7) is 9.30. The molecule has 0 heterocycles. The first-order valence-electron chi connectivity index (χ1n) is 13.1. The number of halogens is 5. The van der Waals surface area contributed by atoms with Crippen LogP contribution < -0.4 is 11.5 Å². The maximum atomic E-state index is 14.1. The van der Waals surface area contributed by atoms with E-state index in [0.717, 1.165) is 23.3 Å². The summed E-state index contributed by atoms with van der Waals surface area (Å²) in [4.78, 5) is 17.7. The molecule has 2 aromatic rings. The Kier molecular flexibility index (Phi) is 21.3. The van der Waals surface area contributed by atoms with Gasteiger partial charge in [0, 0.05) is 35.8 Å². The van der Waals surface area contributed by atoms with Gasteiger partial charge in [-0.3, -0.25) is 4.99 Å². The molecular weight excluding hydrogens is 582 g/mol. The fourth-order valence-electron chi connectivity index (χ4n) is 3.29. The molecule has 1 unspecified atom stereocenters. The fourth-order valence-corrected chi connectivity index (χ4v) is 3.38. The molecule has 2 amide bonds. The van der Waals surface area contributed by atoms with Crippen molar-refractivity contribution in [3.8, 4) is 12.8 Å². The number of carbonyl (C=O) groups is 1. The number of amidine groups is 1. The summed E-state index contributed by atoms with van der Waals surface area (Å²) in [6, 6.07) is 11.1. The molecule has 11 heteroatoms. The van der Waals surface area contributed by atoms with Gasteiger partial charge in [-0.05, 0) is 62.6 Å². The molecule has 1 atom stereocenters. The Morgan fingerprint density at radius 2 is 1.65 bits per heavy atom. The summed E-state index contributed by atoms with van der Waals surface area (Å²) in [5.41, 5.74) is 11.8. The third-order valence-electron chi connectivity index (χ3n) is 4.84. The Morgan fingerprint density at radius 1 is 1.07 bits per heavy atom. The van der Waals surface area contributed by atoms with E-state index in [0.29, 0.717) is 23.9 Å². The lowest BCUT2D eigenvalue weighted by molar-refractivity contribution is -0.137. The zero-order chi connectivity index (χ0) is 33.6. The van der Waals surface area contributed by atoms with Gasteiger partial charge in [0.1, 0.15) is 11.7 Å². The van der Waals surface area contributed by atoms with E-state index in [1.54, 1.807) is 25.3 Å². The van der Waals surface area contributed by atoms with Crippen LogP contribution in [-0.2, 0) is 12.6 Å². The number of allylic oxidation sites excluding steroid dienone is 3. The fraction of sp³-hybridized carbons (Fsp3) is 0.312. The number of nitrogens with two attached hydrogens (primary N) is 2. The molecule has 5 N–H and O–H groups in total. The average Bonchev–Trinajstić information content (AvgIpc) is 2.93. The van der Waals surface area contributed by atoms with Crippen LogP contribution in [0.15, 0.2) is 82.4 Å². The topological polar surface area (TPSA) is 118 Å². The first-order chi connectivity index (χ1) is 20.2. The molecular formula is C32H40ClF4N5O. The summed E-state index contributed by atoms with van der Waals surface area (Å²) in [6.07, 6.45) is 8.90. The number of carbonyl (C=O) groups excluding carboxylic acids is 1. The second kappa shape index (κ2) is 22.4. The Morgan fingerprint density at radius 3 is 2.12 bits per heavy atom. The van der Waals surface area contributed by atoms with Gasteiger partial charge in [0.05, 0.1) is 5.56 Å². The van der Waals surface area contributed by atoms with Crippen LogP contribution >= 0.6 is 11.6 Å². The van der Waals surface area contributed by atoms with Gasteiger partial charge in [0.25, 0.3) is 0 Å². The van der Waals surface area contributed by atoms with E-state index in [-0.39, 0.29) is 23.7 Å². The van der Waals surface area contributed by atoms with Crippen LogP contribution in [0.25, 0.3) is 0 Å². The number of nitrogens with one attached hydrogen (secondary N) is 1. The number of primary amides is 1. The van der Waals surface area contributed by atoms with Crippen molar-refractivity contribution in [3.05, 3.63) is 95.0 Å². The second-order valence-electron chi connectivity index (χ2n) is 8.73. The van der Waals surface area contributed by atoms with Gasteiger partial charge in [-0.25, -0.2) is 9.18 Å². The highest BCUT2D eigenvalue weighted by molar-refractivity contribution is 6.19. The van der Waals surface area contributed by atoms with Crippen molar-refractivity contribution in [2.45, 2.75) is 59.6 Å². The highest BCUT2D eigenvalue weighted by Gasteiger charge is 2.32. The standard InChI is InChI=1S/C23H22ClF4N.C5H10N4O.C2H6.C2H2/c1-16(2)15-29-22(9-6-10-24)21(11-17-7-4-3-5-8-17)18-12-19(23(26,27)28)14-20(25)13-18;1-3(6)2-4(7)9-5(8)10;2*1-2/h3-9,12-15,21H,10-11H2,1-2H3;6H,2H2,1H3,(H4,7,8,9,10);1-2H3;1-2H/b9-6-,29-22?;;;. The molecule has 0 fully saturated rings. The summed E-state index contributed by atoms with van der Waals surface area (Å²) >= 11 is 5.76. The number of nitrogens with zero attached hydrogens (tertiary/aromatic N) is 2. The monoisotopic (exact) mass is 621 g/mol. The lowest BCUT2D eigenvalue weighted by atomic mass is 9.86. The molecule has 0 aliphatic carbocycles. The van der Waals surface area contributed by atoms with Gasteiger partial charge in [0.2, 0.25) is 0 Å². The Hall–Kier alpha value is -4.23. The number of hydrogen-bond acceptors (Lipinski definition) is 3. The van der Waals surface area contributed by atoms with Gasteiger partial charge in [-0.2, -0.15) is 18.2 Å². The van der Waals surface area contributed by atoms with Crippen LogP contribution in [-0.4, -0.2) is 29.2 Å². The van der Waals surface area contributed by atoms with Crippen molar-refractivity contribution in [2.75, 3.05) is 5.88 Å². The quantitative estimate of drug-likeness (QED) is 0.0856. The van der Waals surface area contributed by atoms with Crippen LogP contribution in [0.5, 0.6) is 0 Å². The number of terminal acetylenes is 1. The van der Waals surface area contributed by atoms with Crippen molar-refractivity contribution in [1.82, 2.24) is 0 Å². The predicted molar refractivity (Wildman–Crippen MR) is 171 cm³/mol. The normalized spacial score (nSPS) is 11.9. The summed E-state index contributed by atoms with van der Waals surface area (Å²) in [5.74, 6) is -1.21. The minimum absolute atomic E-state index is 0.0833. The summed E-state index contributed by atoms with van der Waals surface area (Å²) in [7, 11) is 0. The lowest BCUT2D eigenvalue weighted by Gasteiger charge is -2.20. The predicted octanol–water partition coefficient (Wildman–Crippen LogP) is 8.46. The highest BCUT2D eigenvalue weighted by Crippen LogP contribution is 2.33. The molecule has 43 heavy (non-hydrogen) atoms. The third kappa shape index (κ3) is 18.7. The van der Waals surface area contributed by atoms with E-state index in [1.165, 1.54) is 0 Å². The Bertz CT molecular complexity index is 1280. The molecule has 0 saturated carbocycles. The molecule has 6 nitrogen and oxygen atoms in total. The highest BCUT2D eigenvalue weighted by atomic mass is 35.5. The molecule has 0 saturated heterocycles. The van der Waals surface area contributed by atoms with Crippen LogP contribution in [0.4, 0.5) is 22.4 Å². The van der Waals surface area contributed by atoms with Gasteiger partial charge >= 0.3 is 12.2 Å². The largest absolute Gasteiger partial charge is 0.416 e. The summed E-state index contributed by atoms with van der Waals surface area (Å²) < 4.78 is 53.9. The van der Waals surface area contributed by atoms with Crippen LogP contribution in [0.3, 0.4) is 0 Å². The number of alkyl halides is 4. The minimum atomic E-state index is -4.64. The van der Waals surface area contributed by atoms with E-state index in [2.05, 4.69) is 22.8 Å². The minimum Gasteiger partial charge on any atom is -0.387 e. The molecule has 0 bridgehead atoms. The van der Waals surface area contributed by atoms with E-state index in [9.17, 15) is 22.4 Å². The van der Waals surface area contributed by atoms with Gasteiger partial charge in [-0.15, -0.1) is 24.4 Å². The van der Waals surface area contributed by atoms with Gasteiger partial charge < -0.3 is 16.9 Å². The number of hydrogen-bond donors (Lipinski definition) is 3. The molecule has 0 aliphatic heterocycles.